The molecule has 0 aromatic heterocycles. The lowest BCUT2D eigenvalue weighted by Gasteiger charge is -2.19. The van der Waals surface area contributed by atoms with Gasteiger partial charge in [-0.1, -0.05) is 18.2 Å². The van der Waals surface area contributed by atoms with Crippen LogP contribution in [-0.4, -0.2) is 28.5 Å². The molecule has 0 saturated carbocycles. The van der Waals surface area contributed by atoms with E-state index in [1.54, 1.807) is 12.3 Å². The van der Waals surface area contributed by atoms with Gasteiger partial charge in [0.15, 0.2) is 0 Å². The fourth-order valence-corrected chi connectivity index (χ4v) is 3.11. The van der Waals surface area contributed by atoms with E-state index in [2.05, 4.69) is 4.90 Å². The van der Waals surface area contributed by atoms with Crippen LogP contribution in [0.4, 0.5) is 4.39 Å². The molecule has 3 rings (SSSR count). The maximum atomic E-state index is 14.0. The third kappa shape index (κ3) is 3.36. The number of fused-ring (bicyclic) bond motifs is 1. The summed E-state index contributed by atoms with van der Waals surface area (Å²) in [4.78, 5) is 2.98. The molecule has 1 atom stereocenters. The summed E-state index contributed by atoms with van der Waals surface area (Å²) in [6.07, 6.45) is 1.67. The van der Waals surface area contributed by atoms with Crippen molar-refractivity contribution in [3.8, 4) is 5.75 Å². The number of halogens is 1. The Bertz CT molecular complexity index is 688. The van der Waals surface area contributed by atoms with Gasteiger partial charge in [0, 0.05) is 47.1 Å². The van der Waals surface area contributed by atoms with Crippen molar-refractivity contribution in [1.82, 2.24) is 4.90 Å². The standard InChI is InChI=1S/C17H18FNO2S/c1-22(20)14-7-5-13(6-8-14)11-19-9-10-21-17-4-2-3-16(18)15(17)12-19/h2-8H,9-12H2,1H3. The Balaban J connectivity index is 1.75. The molecule has 1 aliphatic rings. The summed E-state index contributed by atoms with van der Waals surface area (Å²) in [5.41, 5.74) is 1.74. The molecule has 1 aliphatic heterocycles. The molecular formula is C17H18FNO2S. The Kier molecular flexibility index (Phi) is 4.55. The molecule has 0 aliphatic carbocycles. The molecule has 0 spiro atoms. The molecule has 0 radical (unpaired) electrons. The molecule has 116 valence electrons. The predicted octanol–water partition coefficient (Wildman–Crippen LogP) is 2.96. The van der Waals surface area contributed by atoms with Gasteiger partial charge >= 0.3 is 0 Å². The third-order valence-corrected chi connectivity index (χ3v) is 4.72. The third-order valence-electron chi connectivity index (χ3n) is 3.78. The van der Waals surface area contributed by atoms with Crippen molar-refractivity contribution in [3.63, 3.8) is 0 Å². The topological polar surface area (TPSA) is 29.5 Å². The number of hydrogen-bond acceptors (Lipinski definition) is 3. The van der Waals surface area contributed by atoms with E-state index in [1.165, 1.54) is 6.07 Å². The minimum absolute atomic E-state index is 0.221. The first-order valence-corrected chi connectivity index (χ1v) is 8.74. The molecule has 1 heterocycles. The van der Waals surface area contributed by atoms with Crippen molar-refractivity contribution in [2.45, 2.75) is 18.0 Å². The largest absolute Gasteiger partial charge is 0.492 e. The smallest absolute Gasteiger partial charge is 0.131 e. The average molecular weight is 319 g/mol. The lowest BCUT2D eigenvalue weighted by atomic mass is 10.1. The summed E-state index contributed by atoms with van der Waals surface area (Å²) in [5.74, 6) is 0.417. The van der Waals surface area contributed by atoms with Gasteiger partial charge in [-0.3, -0.25) is 9.11 Å². The van der Waals surface area contributed by atoms with Gasteiger partial charge in [-0.05, 0) is 29.8 Å². The number of rotatable bonds is 3. The number of benzene rings is 2. The van der Waals surface area contributed by atoms with E-state index in [1.807, 2.05) is 30.3 Å². The molecule has 2 aromatic rings. The zero-order valence-electron chi connectivity index (χ0n) is 12.4. The van der Waals surface area contributed by atoms with Gasteiger partial charge in [-0.15, -0.1) is 0 Å². The van der Waals surface area contributed by atoms with Crippen LogP contribution in [0.2, 0.25) is 0 Å². The van der Waals surface area contributed by atoms with Gasteiger partial charge in [-0.2, -0.15) is 0 Å². The summed E-state index contributed by atoms with van der Waals surface area (Å²) >= 11 is 0. The van der Waals surface area contributed by atoms with Crippen molar-refractivity contribution < 1.29 is 13.3 Å². The summed E-state index contributed by atoms with van der Waals surface area (Å²) in [7, 11) is -0.963. The lowest BCUT2D eigenvalue weighted by molar-refractivity contribution is 0.219. The molecule has 0 fully saturated rings. The van der Waals surface area contributed by atoms with Gasteiger partial charge < -0.3 is 4.74 Å². The Morgan fingerprint density at radius 1 is 1.23 bits per heavy atom. The maximum absolute atomic E-state index is 14.0. The molecule has 3 nitrogen and oxygen atoms in total. The highest BCUT2D eigenvalue weighted by Gasteiger charge is 2.18. The molecule has 22 heavy (non-hydrogen) atoms. The van der Waals surface area contributed by atoms with E-state index in [-0.39, 0.29) is 5.82 Å². The van der Waals surface area contributed by atoms with Gasteiger partial charge in [-0.25, -0.2) is 4.39 Å². The Morgan fingerprint density at radius 2 is 2.00 bits per heavy atom. The van der Waals surface area contributed by atoms with E-state index < -0.39 is 10.8 Å². The van der Waals surface area contributed by atoms with Crippen LogP contribution in [-0.2, 0) is 23.9 Å². The van der Waals surface area contributed by atoms with Crippen LogP contribution < -0.4 is 4.74 Å². The van der Waals surface area contributed by atoms with E-state index in [9.17, 15) is 8.60 Å². The Morgan fingerprint density at radius 3 is 2.73 bits per heavy atom. The van der Waals surface area contributed by atoms with Crippen LogP contribution in [0, 0.1) is 5.82 Å². The van der Waals surface area contributed by atoms with Crippen molar-refractivity contribution in [2.24, 2.45) is 0 Å². The van der Waals surface area contributed by atoms with Crippen LogP contribution in [0.3, 0.4) is 0 Å². The summed E-state index contributed by atoms with van der Waals surface area (Å²) in [6.45, 7) is 2.54. The van der Waals surface area contributed by atoms with Crippen molar-refractivity contribution in [3.05, 3.63) is 59.4 Å². The van der Waals surface area contributed by atoms with Crippen molar-refractivity contribution >= 4 is 10.8 Å². The minimum Gasteiger partial charge on any atom is -0.492 e. The van der Waals surface area contributed by atoms with Gasteiger partial charge in [0.25, 0.3) is 0 Å². The van der Waals surface area contributed by atoms with Gasteiger partial charge in [0.05, 0.1) is 0 Å². The maximum Gasteiger partial charge on any atom is 0.131 e. The Labute approximate surface area is 132 Å². The van der Waals surface area contributed by atoms with E-state index in [4.69, 9.17) is 4.74 Å². The predicted molar refractivity (Wildman–Crippen MR) is 84.8 cm³/mol. The lowest BCUT2D eigenvalue weighted by Crippen LogP contribution is -2.25. The van der Waals surface area contributed by atoms with Crippen LogP contribution in [0.25, 0.3) is 0 Å². The second kappa shape index (κ2) is 6.58. The van der Waals surface area contributed by atoms with Crippen LogP contribution in [0.5, 0.6) is 5.75 Å². The first kappa shape index (κ1) is 15.2. The molecule has 5 heteroatoms. The minimum atomic E-state index is -0.963. The number of ether oxygens (including phenoxy) is 1. The summed E-state index contributed by atoms with van der Waals surface area (Å²) < 4.78 is 31.0. The second-order valence-corrected chi connectivity index (χ2v) is 6.75. The normalized spacial score (nSPS) is 16.5. The molecule has 0 saturated heterocycles. The molecule has 0 N–H and O–H groups in total. The SMILES string of the molecule is CS(=O)c1ccc(CN2CCOc3cccc(F)c3C2)cc1. The fourth-order valence-electron chi connectivity index (χ4n) is 2.59. The molecule has 0 bridgehead atoms. The summed E-state index contributed by atoms with van der Waals surface area (Å²) in [6, 6.07) is 12.7. The first-order valence-electron chi connectivity index (χ1n) is 7.18. The molecule has 1 unspecified atom stereocenters. The molecule has 2 aromatic carbocycles. The van der Waals surface area contributed by atoms with Crippen LogP contribution in [0.15, 0.2) is 47.4 Å². The highest BCUT2D eigenvalue weighted by molar-refractivity contribution is 7.84. The monoisotopic (exact) mass is 319 g/mol. The van der Waals surface area contributed by atoms with Gasteiger partial charge in [0.1, 0.15) is 18.2 Å². The summed E-state index contributed by atoms with van der Waals surface area (Å²) in [5, 5.41) is 0. The second-order valence-electron chi connectivity index (χ2n) is 5.37. The quantitative estimate of drug-likeness (QED) is 0.871. The van der Waals surface area contributed by atoms with Crippen molar-refractivity contribution in [2.75, 3.05) is 19.4 Å². The van der Waals surface area contributed by atoms with E-state index in [0.29, 0.717) is 31.0 Å². The zero-order valence-corrected chi connectivity index (χ0v) is 13.2. The van der Waals surface area contributed by atoms with Crippen LogP contribution in [0.1, 0.15) is 11.1 Å². The average Bonchev–Trinajstić information content (AvgIpc) is 2.71. The zero-order chi connectivity index (χ0) is 15.5. The highest BCUT2D eigenvalue weighted by Crippen LogP contribution is 2.26. The highest BCUT2D eigenvalue weighted by atomic mass is 32.2. The van der Waals surface area contributed by atoms with Crippen molar-refractivity contribution in [1.29, 1.82) is 0 Å². The van der Waals surface area contributed by atoms with E-state index in [0.717, 1.165) is 17.0 Å². The van der Waals surface area contributed by atoms with E-state index >= 15 is 0 Å². The Hall–Kier alpha value is -1.72. The van der Waals surface area contributed by atoms with Gasteiger partial charge in [0.2, 0.25) is 0 Å². The number of nitrogens with zero attached hydrogens (tertiary/aromatic N) is 1. The fraction of sp³-hybridized carbons (Fsp3) is 0.294. The molecule has 0 amide bonds. The first-order chi connectivity index (χ1) is 10.6. The van der Waals surface area contributed by atoms with Crippen LogP contribution >= 0.6 is 0 Å². The number of hydrogen-bond donors (Lipinski definition) is 0. The molecular weight excluding hydrogens is 301 g/mol.